The van der Waals surface area contributed by atoms with Crippen molar-refractivity contribution in [2.45, 2.75) is 44.6 Å². The van der Waals surface area contributed by atoms with E-state index in [9.17, 15) is 4.79 Å². The molecule has 0 bridgehead atoms. The van der Waals surface area contributed by atoms with Crippen LogP contribution in [-0.2, 0) is 11.2 Å². The predicted octanol–water partition coefficient (Wildman–Crippen LogP) is 2.25. The first-order valence-electron chi connectivity index (χ1n) is 6.12. The quantitative estimate of drug-likeness (QED) is 0.841. The number of hydrogen-bond acceptors (Lipinski definition) is 2. The minimum atomic E-state index is -0.930. The molecule has 0 spiro atoms. The van der Waals surface area contributed by atoms with Crippen LogP contribution < -0.4 is 5.73 Å². The van der Waals surface area contributed by atoms with E-state index in [1.54, 1.807) is 0 Å². The van der Waals surface area contributed by atoms with Crippen LogP contribution >= 0.6 is 0 Å². The Kier molecular flexibility index (Phi) is 3.20. The lowest BCUT2D eigenvalue weighted by molar-refractivity contribution is -0.139. The second-order valence-electron chi connectivity index (χ2n) is 5.01. The molecule has 3 nitrogen and oxygen atoms in total. The van der Waals surface area contributed by atoms with Gasteiger partial charge in [-0.3, -0.25) is 4.79 Å². The van der Waals surface area contributed by atoms with Crippen LogP contribution in [0.15, 0.2) is 18.2 Å². The maximum absolute atomic E-state index is 11.0. The highest BCUT2D eigenvalue weighted by atomic mass is 16.4. The van der Waals surface area contributed by atoms with Gasteiger partial charge in [-0.25, -0.2) is 0 Å². The fraction of sp³-hybridized carbons (Fsp3) is 0.500. The molecule has 1 aliphatic rings. The van der Waals surface area contributed by atoms with Crippen molar-refractivity contribution >= 4 is 5.97 Å². The zero-order valence-corrected chi connectivity index (χ0v) is 10.3. The molecule has 0 aliphatic heterocycles. The van der Waals surface area contributed by atoms with Gasteiger partial charge in [0.05, 0.1) is 0 Å². The number of rotatable bonds is 3. The van der Waals surface area contributed by atoms with Gasteiger partial charge < -0.3 is 10.8 Å². The largest absolute Gasteiger partial charge is 0.480 e. The van der Waals surface area contributed by atoms with Gasteiger partial charge in [0.25, 0.3) is 0 Å². The summed E-state index contributed by atoms with van der Waals surface area (Å²) < 4.78 is 0. The molecule has 17 heavy (non-hydrogen) atoms. The van der Waals surface area contributed by atoms with Gasteiger partial charge in [0.2, 0.25) is 0 Å². The van der Waals surface area contributed by atoms with E-state index in [4.69, 9.17) is 10.8 Å². The SMILES string of the molecule is CC1CCc2cccc(C(C)[C@H](N)C(=O)O)c21. The number of nitrogens with two attached hydrogens (primary N) is 1. The second-order valence-corrected chi connectivity index (χ2v) is 5.01. The third-order valence-corrected chi connectivity index (χ3v) is 3.88. The van der Waals surface area contributed by atoms with Crippen molar-refractivity contribution in [3.63, 3.8) is 0 Å². The minimum Gasteiger partial charge on any atom is -0.480 e. The Bertz CT molecular complexity index is 442. The van der Waals surface area contributed by atoms with Crippen LogP contribution in [0, 0.1) is 0 Å². The van der Waals surface area contributed by atoms with Gasteiger partial charge in [0.15, 0.2) is 0 Å². The fourth-order valence-electron chi connectivity index (χ4n) is 2.77. The highest BCUT2D eigenvalue weighted by Crippen LogP contribution is 2.38. The number of carboxylic acid groups (broad SMARTS) is 1. The monoisotopic (exact) mass is 233 g/mol. The Hall–Kier alpha value is -1.35. The van der Waals surface area contributed by atoms with Crippen molar-refractivity contribution in [3.05, 3.63) is 34.9 Å². The molecule has 0 fully saturated rings. The van der Waals surface area contributed by atoms with E-state index in [2.05, 4.69) is 13.0 Å². The molecule has 92 valence electrons. The molecule has 0 saturated carbocycles. The zero-order chi connectivity index (χ0) is 12.6. The van der Waals surface area contributed by atoms with E-state index < -0.39 is 12.0 Å². The van der Waals surface area contributed by atoms with Gasteiger partial charge in [0.1, 0.15) is 6.04 Å². The van der Waals surface area contributed by atoms with Crippen LogP contribution in [0.4, 0.5) is 0 Å². The van der Waals surface area contributed by atoms with Crippen molar-refractivity contribution in [2.24, 2.45) is 5.73 Å². The molecule has 3 N–H and O–H groups in total. The van der Waals surface area contributed by atoms with Gasteiger partial charge in [-0.15, -0.1) is 0 Å². The summed E-state index contributed by atoms with van der Waals surface area (Å²) in [5.41, 5.74) is 9.54. The summed E-state index contributed by atoms with van der Waals surface area (Å²) in [4.78, 5) is 11.0. The number of fused-ring (bicyclic) bond motifs is 1. The second kappa shape index (κ2) is 4.49. The van der Waals surface area contributed by atoms with Gasteiger partial charge in [-0.05, 0) is 35.4 Å². The topological polar surface area (TPSA) is 63.3 Å². The summed E-state index contributed by atoms with van der Waals surface area (Å²) in [6.07, 6.45) is 2.25. The highest BCUT2D eigenvalue weighted by molar-refractivity contribution is 5.74. The van der Waals surface area contributed by atoms with Crippen molar-refractivity contribution < 1.29 is 9.90 Å². The number of carboxylic acids is 1. The molecule has 0 saturated heterocycles. The lowest BCUT2D eigenvalue weighted by atomic mass is 9.86. The van der Waals surface area contributed by atoms with Crippen LogP contribution in [0.3, 0.4) is 0 Å². The van der Waals surface area contributed by atoms with Crippen LogP contribution in [0.5, 0.6) is 0 Å². The molecule has 1 aromatic rings. The fourth-order valence-corrected chi connectivity index (χ4v) is 2.77. The molecule has 0 radical (unpaired) electrons. The van der Waals surface area contributed by atoms with Gasteiger partial charge in [0, 0.05) is 5.92 Å². The Labute approximate surface area is 102 Å². The molecule has 0 aromatic heterocycles. The normalized spacial score (nSPS) is 21.9. The van der Waals surface area contributed by atoms with E-state index in [1.165, 1.54) is 11.1 Å². The zero-order valence-electron chi connectivity index (χ0n) is 10.3. The predicted molar refractivity (Wildman–Crippen MR) is 67.2 cm³/mol. The molecule has 0 amide bonds. The summed E-state index contributed by atoms with van der Waals surface area (Å²) in [6.45, 7) is 4.10. The maximum atomic E-state index is 11.0. The number of hydrogen-bond donors (Lipinski definition) is 2. The average molecular weight is 233 g/mol. The smallest absolute Gasteiger partial charge is 0.321 e. The molecule has 2 rings (SSSR count). The van der Waals surface area contributed by atoms with Crippen molar-refractivity contribution in [2.75, 3.05) is 0 Å². The Morgan fingerprint density at radius 3 is 2.88 bits per heavy atom. The molecule has 0 heterocycles. The molecule has 1 aliphatic carbocycles. The molecule has 3 atom stereocenters. The summed E-state index contributed by atoms with van der Waals surface area (Å²) in [7, 11) is 0. The van der Waals surface area contributed by atoms with Gasteiger partial charge in [-0.1, -0.05) is 32.0 Å². The summed E-state index contributed by atoms with van der Waals surface area (Å²) in [5, 5.41) is 9.00. The summed E-state index contributed by atoms with van der Waals surface area (Å²) >= 11 is 0. The first-order chi connectivity index (χ1) is 8.02. The lowest BCUT2D eigenvalue weighted by Crippen LogP contribution is -2.35. The van der Waals surface area contributed by atoms with Crippen molar-refractivity contribution in [3.8, 4) is 0 Å². The Morgan fingerprint density at radius 2 is 2.24 bits per heavy atom. The average Bonchev–Trinajstić information content (AvgIpc) is 2.69. The molecule has 3 heteroatoms. The molecule has 1 aromatic carbocycles. The summed E-state index contributed by atoms with van der Waals surface area (Å²) in [6, 6.07) is 5.35. The van der Waals surface area contributed by atoms with Crippen LogP contribution in [0.25, 0.3) is 0 Å². The number of carbonyl (C=O) groups is 1. The number of benzene rings is 1. The van der Waals surface area contributed by atoms with E-state index in [0.717, 1.165) is 18.4 Å². The van der Waals surface area contributed by atoms with Crippen LogP contribution in [-0.4, -0.2) is 17.1 Å². The molecular formula is C14H19NO2. The molecular weight excluding hydrogens is 214 g/mol. The number of aryl methyl sites for hydroxylation is 1. The lowest BCUT2D eigenvalue weighted by Gasteiger charge is -2.21. The van der Waals surface area contributed by atoms with Crippen LogP contribution in [0.2, 0.25) is 0 Å². The Morgan fingerprint density at radius 1 is 1.53 bits per heavy atom. The van der Waals surface area contributed by atoms with Crippen molar-refractivity contribution in [1.82, 2.24) is 0 Å². The first kappa shape index (κ1) is 12.1. The maximum Gasteiger partial charge on any atom is 0.321 e. The van der Waals surface area contributed by atoms with Crippen molar-refractivity contribution in [1.29, 1.82) is 0 Å². The highest BCUT2D eigenvalue weighted by Gasteiger charge is 2.28. The van der Waals surface area contributed by atoms with E-state index in [1.807, 2.05) is 19.1 Å². The Balaban J connectivity index is 2.40. The minimum absolute atomic E-state index is 0.136. The first-order valence-corrected chi connectivity index (χ1v) is 6.12. The van der Waals surface area contributed by atoms with Gasteiger partial charge >= 0.3 is 5.97 Å². The summed E-state index contributed by atoms with van der Waals surface area (Å²) in [5.74, 6) is -0.548. The molecule has 2 unspecified atom stereocenters. The standard InChI is InChI=1S/C14H19NO2/c1-8-6-7-10-4-3-5-11(12(8)10)9(2)13(15)14(16)17/h3-5,8-9,13H,6-7,15H2,1-2H3,(H,16,17)/t8?,9?,13-/m0/s1. The number of aliphatic carboxylic acids is 1. The van der Waals surface area contributed by atoms with E-state index in [-0.39, 0.29) is 5.92 Å². The van der Waals surface area contributed by atoms with E-state index in [0.29, 0.717) is 5.92 Å². The third-order valence-electron chi connectivity index (χ3n) is 3.88. The van der Waals surface area contributed by atoms with Crippen LogP contribution in [0.1, 0.15) is 48.8 Å². The third kappa shape index (κ3) is 2.07. The van der Waals surface area contributed by atoms with Gasteiger partial charge in [-0.2, -0.15) is 0 Å². The van der Waals surface area contributed by atoms with E-state index >= 15 is 0 Å².